The van der Waals surface area contributed by atoms with Crippen molar-refractivity contribution < 1.29 is 17.6 Å². The van der Waals surface area contributed by atoms with Gasteiger partial charge in [0.15, 0.2) is 11.5 Å². The summed E-state index contributed by atoms with van der Waals surface area (Å²) in [6, 6.07) is 7.16. The molecule has 8 heteroatoms. The van der Waals surface area contributed by atoms with Crippen LogP contribution in [-0.4, -0.2) is 60.4 Å². The Kier molecular flexibility index (Phi) is 4.48. The maximum absolute atomic E-state index is 12.8. The lowest BCUT2D eigenvalue weighted by Crippen LogP contribution is -2.49. The minimum Gasteiger partial charge on any atom is -0.440 e. The number of sulfonamides is 1. The number of rotatable bonds is 3. The number of hydrogen-bond donors (Lipinski definition) is 0. The van der Waals surface area contributed by atoms with Crippen molar-refractivity contribution in [1.29, 1.82) is 0 Å². The van der Waals surface area contributed by atoms with Crippen LogP contribution in [-0.2, 0) is 14.8 Å². The molecule has 1 atom stereocenters. The summed E-state index contributed by atoms with van der Waals surface area (Å²) in [4.78, 5) is 19.2. The van der Waals surface area contributed by atoms with Gasteiger partial charge in [-0.25, -0.2) is 13.4 Å². The number of oxazole rings is 1. The fraction of sp³-hybridized carbons (Fsp3) is 0.556. The predicted octanol–water partition coefficient (Wildman–Crippen LogP) is 1.96. The van der Waals surface area contributed by atoms with E-state index in [0.717, 1.165) is 36.3 Å². The zero-order valence-corrected chi connectivity index (χ0v) is 15.6. The fourth-order valence-corrected chi connectivity index (χ4v) is 5.12. The summed E-state index contributed by atoms with van der Waals surface area (Å²) < 4.78 is 31.0. The summed E-state index contributed by atoms with van der Waals surface area (Å²) in [5.41, 5.74) is 1.64. The van der Waals surface area contributed by atoms with Crippen LogP contribution in [0.5, 0.6) is 0 Å². The summed E-state index contributed by atoms with van der Waals surface area (Å²) in [5, 5.41) is 0. The van der Waals surface area contributed by atoms with Crippen LogP contribution in [0.2, 0.25) is 0 Å². The molecule has 26 heavy (non-hydrogen) atoms. The fourth-order valence-electron chi connectivity index (χ4n) is 4.01. The third kappa shape index (κ3) is 3.23. The number of piperidine rings is 1. The smallest absolute Gasteiger partial charge is 0.241 e. The Bertz CT molecular complexity index is 882. The Balaban J connectivity index is 1.42. The second kappa shape index (κ2) is 6.66. The molecule has 0 spiro atoms. The van der Waals surface area contributed by atoms with Crippen molar-refractivity contribution in [1.82, 2.24) is 14.2 Å². The number of benzene rings is 1. The first-order valence-corrected chi connectivity index (χ1v) is 10.9. The third-order valence-corrected chi connectivity index (χ3v) is 6.67. The second-order valence-corrected chi connectivity index (χ2v) is 9.09. The van der Waals surface area contributed by atoms with Crippen molar-refractivity contribution in [2.45, 2.75) is 37.6 Å². The van der Waals surface area contributed by atoms with Gasteiger partial charge in [0.05, 0.1) is 6.26 Å². The van der Waals surface area contributed by atoms with Crippen LogP contribution in [0.4, 0.5) is 0 Å². The molecule has 2 aromatic rings. The van der Waals surface area contributed by atoms with Crippen molar-refractivity contribution in [3.05, 3.63) is 30.2 Å². The molecule has 1 amide bonds. The maximum atomic E-state index is 12.8. The van der Waals surface area contributed by atoms with Crippen LogP contribution >= 0.6 is 0 Å². The van der Waals surface area contributed by atoms with Gasteiger partial charge >= 0.3 is 0 Å². The zero-order chi connectivity index (χ0) is 18.3. The van der Waals surface area contributed by atoms with Crippen molar-refractivity contribution in [3.63, 3.8) is 0 Å². The van der Waals surface area contributed by atoms with Gasteiger partial charge in [-0.05, 0) is 37.8 Å². The molecule has 2 aliphatic rings. The van der Waals surface area contributed by atoms with Gasteiger partial charge in [0.1, 0.15) is 11.6 Å². The lowest BCUT2D eigenvalue weighted by atomic mass is 9.96. The van der Waals surface area contributed by atoms with Crippen molar-refractivity contribution in [2.24, 2.45) is 0 Å². The standard InChI is InChI=1S/C18H23N3O4S/c1-26(23,24)21-10-4-6-15(21)18(22)20-11-8-13(9-12-20)17-19-14-5-2-3-7-16(14)25-17/h2-3,5,7,13,15H,4,6,8-12H2,1H3. The molecule has 4 rings (SSSR count). The van der Waals surface area contributed by atoms with E-state index in [-0.39, 0.29) is 11.8 Å². The van der Waals surface area contributed by atoms with Gasteiger partial charge in [-0.3, -0.25) is 4.79 Å². The van der Waals surface area contributed by atoms with Crippen LogP contribution in [0.25, 0.3) is 11.1 Å². The molecule has 2 aliphatic heterocycles. The van der Waals surface area contributed by atoms with Gasteiger partial charge < -0.3 is 9.32 Å². The Morgan fingerprint density at radius 2 is 1.88 bits per heavy atom. The highest BCUT2D eigenvalue weighted by molar-refractivity contribution is 7.88. The minimum atomic E-state index is -3.34. The van der Waals surface area contributed by atoms with E-state index in [1.54, 1.807) is 4.90 Å². The molecular formula is C18H23N3O4S. The van der Waals surface area contributed by atoms with E-state index in [4.69, 9.17) is 4.42 Å². The van der Waals surface area contributed by atoms with Crippen LogP contribution in [0, 0.1) is 0 Å². The Hall–Kier alpha value is -1.93. The summed E-state index contributed by atoms with van der Waals surface area (Å²) in [7, 11) is -3.34. The van der Waals surface area contributed by atoms with E-state index in [0.29, 0.717) is 26.1 Å². The van der Waals surface area contributed by atoms with Gasteiger partial charge in [0, 0.05) is 25.6 Å². The van der Waals surface area contributed by atoms with E-state index < -0.39 is 16.1 Å². The van der Waals surface area contributed by atoms with E-state index in [1.165, 1.54) is 10.6 Å². The second-order valence-electron chi connectivity index (χ2n) is 7.15. The monoisotopic (exact) mass is 377 g/mol. The van der Waals surface area contributed by atoms with Crippen molar-refractivity contribution >= 4 is 27.0 Å². The number of amides is 1. The summed E-state index contributed by atoms with van der Waals surface area (Å²) >= 11 is 0. The Morgan fingerprint density at radius 3 is 2.58 bits per heavy atom. The van der Waals surface area contributed by atoms with Crippen LogP contribution in [0.15, 0.2) is 28.7 Å². The number of carbonyl (C=O) groups is 1. The van der Waals surface area contributed by atoms with Gasteiger partial charge in [-0.2, -0.15) is 4.31 Å². The minimum absolute atomic E-state index is 0.0658. The predicted molar refractivity (Wildman–Crippen MR) is 97.1 cm³/mol. The average molecular weight is 377 g/mol. The van der Waals surface area contributed by atoms with Crippen LogP contribution in [0.3, 0.4) is 0 Å². The molecule has 0 saturated carbocycles. The molecule has 0 aliphatic carbocycles. The molecule has 2 fully saturated rings. The number of fused-ring (bicyclic) bond motifs is 1. The molecule has 0 N–H and O–H groups in total. The van der Waals surface area contributed by atoms with Crippen molar-refractivity contribution in [2.75, 3.05) is 25.9 Å². The molecule has 2 saturated heterocycles. The molecule has 1 unspecified atom stereocenters. The highest BCUT2D eigenvalue weighted by atomic mass is 32.2. The number of likely N-dealkylation sites (tertiary alicyclic amines) is 1. The summed E-state index contributed by atoms with van der Waals surface area (Å²) in [6.07, 6.45) is 4.09. The maximum Gasteiger partial charge on any atom is 0.241 e. The first kappa shape index (κ1) is 17.5. The van der Waals surface area contributed by atoms with Crippen LogP contribution < -0.4 is 0 Å². The molecule has 3 heterocycles. The SMILES string of the molecule is CS(=O)(=O)N1CCCC1C(=O)N1CCC(c2nc3ccccc3o2)CC1. The number of para-hydroxylation sites is 2. The summed E-state index contributed by atoms with van der Waals surface area (Å²) in [6.45, 7) is 1.65. The van der Waals surface area contributed by atoms with Gasteiger partial charge in [-0.1, -0.05) is 12.1 Å². The lowest BCUT2D eigenvalue weighted by molar-refractivity contribution is -0.135. The van der Waals surface area contributed by atoms with Crippen molar-refractivity contribution in [3.8, 4) is 0 Å². The van der Waals surface area contributed by atoms with Gasteiger partial charge in [0.2, 0.25) is 15.9 Å². The zero-order valence-electron chi connectivity index (χ0n) is 14.8. The lowest BCUT2D eigenvalue weighted by Gasteiger charge is -2.34. The van der Waals surface area contributed by atoms with Gasteiger partial charge in [-0.15, -0.1) is 0 Å². The van der Waals surface area contributed by atoms with E-state index in [2.05, 4.69) is 4.98 Å². The molecule has 1 aromatic heterocycles. The Labute approximate surface area is 153 Å². The normalized spacial score (nSPS) is 23.0. The molecule has 7 nitrogen and oxygen atoms in total. The van der Waals surface area contributed by atoms with E-state index in [9.17, 15) is 13.2 Å². The van der Waals surface area contributed by atoms with Crippen LogP contribution in [0.1, 0.15) is 37.5 Å². The number of aromatic nitrogens is 1. The molecular weight excluding hydrogens is 354 g/mol. The van der Waals surface area contributed by atoms with Gasteiger partial charge in [0.25, 0.3) is 0 Å². The molecule has 1 aromatic carbocycles. The number of nitrogens with zero attached hydrogens (tertiary/aromatic N) is 3. The first-order chi connectivity index (χ1) is 12.4. The summed E-state index contributed by atoms with van der Waals surface area (Å²) in [5.74, 6) is 0.863. The van der Waals surface area contributed by atoms with E-state index >= 15 is 0 Å². The number of hydrogen-bond acceptors (Lipinski definition) is 5. The highest BCUT2D eigenvalue weighted by Gasteiger charge is 2.39. The molecule has 0 bridgehead atoms. The topological polar surface area (TPSA) is 83.7 Å². The third-order valence-electron chi connectivity index (χ3n) is 5.38. The first-order valence-electron chi connectivity index (χ1n) is 9.04. The quantitative estimate of drug-likeness (QED) is 0.816. The van der Waals surface area contributed by atoms with E-state index in [1.807, 2.05) is 24.3 Å². The number of carbonyl (C=O) groups excluding carboxylic acids is 1. The average Bonchev–Trinajstić information content (AvgIpc) is 3.28. The Morgan fingerprint density at radius 1 is 1.15 bits per heavy atom. The molecule has 140 valence electrons. The largest absolute Gasteiger partial charge is 0.440 e. The molecule has 0 radical (unpaired) electrons. The highest BCUT2D eigenvalue weighted by Crippen LogP contribution is 2.31.